The van der Waals surface area contributed by atoms with E-state index in [2.05, 4.69) is 5.32 Å². The molecule has 3 amide bonds. The molecule has 1 N–H and O–H groups in total. The van der Waals surface area contributed by atoms with Crippen LogP contribution in [-0.4, -0.2) is 28.7 Å². The Morgan fingerprint density at radius 3 is 2.25 bits per heavy atom. The van der Waals surface area contributed by atoms with Gasteiger partial charge in [-0.3, -0.25) is 19.3 Å². The van der Waals surface area contributed by atoms with Crippen LogP contribution in [0.2, 0.25) is 5.02 Å². The Labute approximate surface area is 142 Å². The van der Waals surface area contributed by atoms with E-state index >= 15 is 0 Å². The minimum atomic E-state index is -1.04. The molecule has 5 nitrogen and oxygen atoms in total. The third-order valence-electron chi connectivity index (χ3n) is 3.78. The van der Waals surface area contributed by atoms with E-state index in [1.54, 1.807) is 12.1 Å². The topological polar surface area (TPSA) is 66.5 Å². The van der Waals surface area contributed by atoms with Gasteiger partial charge in [0, 0.05) is 0 Å². The molecule has 2 aromatic rings. The molecule has 3 rings (SSSR count). The highest BCUT2D eigenvalue weighted by atomic mass is 35.5. The molecule has 0 aromatic heterocycles. The molecular weight excluding hydrogens is 335 g/mol. The average molecular weight is 347 g/mol. The zero-order chi connectivity index (χ0) is 17.4. The Kier molecular flexibility index (Phi) is 4.07. The van der Waals surface area contributed by atoms with Gasteiger partial charge in [-0.05, 0) is 37.3 Å². The van der Waals surface area contributed by atoms with E-state index in [9.17, 15) is 18.8 Å². The normalized spacial score (nSPS) is 14.5. The predicted molar refractivity (Wildman–Crippen MR) is 86.4 cm³/mol. The molecule has 2 aromatic carbocycles. The van der Waals surface area contributed by atoms with Gasteiger partial charge in [-0.15, -0.1) is 0 Å². The van der Waals surface area contributed by atoms with Crippen molar-refractivity contribution in [1.82, 2.24) is 4.90 Å². The molecule has 0 saturated heterocycles. The van der Waals surface area contributed by atoms with Crippen LogP contribution in [-0.2, 0) is 4.79 Å². The van der Waals surface area contributed by atoms with Crippen molar-refractivity contribution in [3.63, 3.8) is 0 Å². The first-order valence-electron chi connectivity index (χ1n) is 7.13. The molecule has 1 heterocycles. The molecule has 0 saturated carbocycles. The standard InChI is InChI=1S/C17H12ClFN2O3/c1-9(15(22)20-14-7-6-10(19)8-13(14)18)21-16(23)11-4-2-3-5-12(11)17(21)24/h2-9H,1H3,(H,20,22). The number of imide groups is 1. The highest BCUT2D eigenvalue weighted by molar-refractivity contribution is 6.33. The predicted octanol–water partition coefficient (Wildman–Crippen LogP) is 3.10. The van der Waals surface area contributed by atoms with Gasteiger partial charge in [0.15, 0.2) is 0 Å². The van der Waals surface area contributed by atoms with E-state index in [1.165, 1.54) is 25.1 Å². The van der Waals surface area contributed by atoms with E-state index in [1.807, 2.05) is 0 Å². The number of nitrogens with one attached hydrogen (secondary N) is 1. The van der Waals surface area contributed by atoms with Crippen LogP contribution < -0.4 is 5.32 Å². The lowest BCUT2D eigenvalue weighted by atomic mass is 10.1. The zero-order valence-corrected chi connectivity index (χ0v) is 13.3. The molecule has 1 aliphatic heterocycles. The summed E-state index contributed by atoms with van der Waals surface area (Å²) >= 11 is 5.87. The summed E-state index contributed by atoms with van der Waals surface area (Å²) in [5.41, 5.74) is 0.732. The van der Waals surface area contributed by atoms with Crippen molar-refractivity contribution >= 4 is 35.0 Å². The highest BCUT2D eigenvalue weighted by Crippen LogP contribution is 2.26. The molecule has 122 valence electrons. The first-order valence-corrected chi connectivity index (χ1v) is 7.51. The van der Waals surface area contributed by atoms with Gasteiger partial charge in [0.2, 0.25) is 5.91 Å². The molecule has 24 heavy (non-hydrogen) atoms. The van der Waals surface area contributed by atoms with Gasteiger partial charge in [0.25, 0.3) is 11.8 Å². The number of amides is 3. The average Bonchev–Trinajstić information content (AvgIpc) is 2.81. The number of hydrogen-bond acceptors (Lipinski definition) is 3. The van der Waals surface area contributed by atoms with Crippen LogP contribution in [0.5, 0.6) is 0 Å². The number of carbonyl (C=O) groups is 3. The minimum Gasteiger partial charge on any atom is -0.323 e. The summed E-state index contributed by atoms with van der Waals surface area (Å²) < 4.78 is 13.0. The molecule has 7 heteroatoms. The SMILES string of the molecule is CC(C(=O)Nc1ccc(F)cc1Cl)N1C(=O)c2ccccc2C1=O. The maximum absolute atomic E-state index is 13.0. The molecule has 0 bridgehead atoms. The van der Waals surface area contributed by atoms with Crippen molar-refractivity contribution in [2.24, 2.45) is 0 Å². The molecule has 0 aliphatic carbocycles. The molecule has 1 unspecified atom stereocenters. The molecular formula is C17H12ClFN2O3. The summed E-state index contributed by atoms with van der Waals surface area (Å²) in [5.74, 6) is -2.18. The number of carbonyl (C=O) groups excluding carboxylic acids is 3. The third kappa shape index (κ3) is 2.65. The largest absolute Gasteiger partial charge is 0.323 e. The van der Waals surface area contributed by atoms with Crippen LogP contribution in [0.25, 0.3) is 0 Å². The van der Waals surface area contributed by atoms with Crippen molar-refractivity contribution in [3.05, 3.63) is 64.4 Å². The van der Waals surface area contributed by atoms with E-state index < -0.39 is 29.6 Å². The van der Waals surface area contributed by atoms with Gasteiger partial charge >= 0.3 is 0 Å². The van der Waals surface area contributed by atoms with E-state index in [0.29, 0.717) is 0 Å². The summed E-state index contributed by atoms with van der Waals surface area (Å²) in [5, 5.41) is 2.52. The van der Waals surface area contributed by atoms with Gasteiger partial charge in [0.1, 0.15) is 11.9 Å². The fraction of sp³-hybridized carbons (Fsp3) is 0.118. The third-order valence-corrected chi connectivity index (χ3v) is 4.09. The Morgan fingerprint density at radius 2 is 1.71 bits per heavy atom. The number of hydrogen-bond donors (Lipinski definition) is 1. The van der Waals surface area contributed by atoms with Crippen molar-refractivity contribution in [2.75, 3.05) is 5.32 Å². The quantitative estimate of drug-likeness (QED) is 0.868. The number of fused-ring (bicyclic) bond motifs is 1. The lowest BCUT2D eigenvalue weighted by Crippen LogP contribution is -2.45. The van der Waals surface area contributed by atoms with Crippen LogP contribution in [0.3, 0.4) is 0 Å². The Balaban J connectivity index is 1.82. The maximum atomic E-state index is 13.0. The summed E-state index contributed by atoms with van der Waals surface area (Å²) in [7, 11) is 0. The lowest BCUT2D eigenvalue weighted by Gasteiger charge is -2.22. The van der Waals surface area contributed by atoms with E-state index in [-0.39, 0.29) is 21.8 Å². The van der Waals surface area contributed by atoms with Gasteiger partial charge in [0.05, 0.1) is 21.8 Å². The van der Waals surface area contributed by atoms with Crippen LogP contribution in [0.4, 0.5) is 10.1 Å². The summed E-state index contributed by atoms with van der Waals surface area (Å²) in [6.45, 7) is 1.44. The monoisotopic (exact) mass is 346 g/mol. The minimum absolute atomic E-state index is 0.0258. The van der Waals surface area contributed by atoms with Crippen molar-refractivity contribution in [2.45, 2.75) is 13.0 Å². The van der Waals surface area contributed by atoms with Gasteiger partial charge in [-0.2, -0.15) is 0 Å². The maximum Gasteiger partial charge on any atom is 0.262 e. The van der Waals surface area contributed by atoms with E-state index in [0.717, 1.165) is 17.0 Å². The van der Waals surface area contributed by atoms with Crippen LogP contribution in [0, 0.1) is 5.82 Å². The van der Waals surface area contributed by atoms with E-state index in [4.69, 9.17) is 11.6 Å². The lowest BCUT2D eigenvalue weighted by molar-refractivity contribution is -0.119. The number of halogens is 2. The Morgan fingerprint density at radius 1 is 1.12 bits per heavy atom. The summed E-state index contributed by atoms with van der Waals surface area (Å²) in [6, 6.07) is 8.85. The number of benzene rings is 2. The zero-order valence-electron chi connectivity index (χ0n) is 12.5. The van der Waals surface area contributed by atoms with Crippen molar-refractivity contribution < 1.29 is 18.8 Å². The van der Waals surface area contributed by atoms with Crippen LogP contribution >= 0.6 is 11.6 Å². The fourth-order valence-electron chi connectivity index (χ4n) is 2.50. The van der Waals surface area contributed by atoms with Gasteiger partial charge in [-0.25, -0.2) is 4.39 Å². The number of rotatable bonds is 3. The summed E-state index contributed by atoms with van der Waals surface area (Å²) in [6.07, 6.45) is 0. The Bertz CT molecular complexity index is 834. The molecule has 0 radical (unpaired) electrons. The molecule has 0 fully saturated rings. The second-order valence-corrected chi connectivity index (χ2v) is 5.72. The second kappa shape index (κ2) is 6.05. The molecule has 1 aliphatic rings. The van der Waals surface area contributed by atoms with Crippen LogP contribution in [0.15, 0.2) is 42.5 Å². The highest BCUT2D eigenvalue weighted by Gasteiger charge is 2.40. The number of nitrogens with zero attached hydrogens (tertiary/aromatic N) is 1. The second-order valence-electron chi connectivity index (χ2n) is 5.32. The molecule has 0 spiro atoms. The first-order chi connectivity index (χ1) is 11.4. The smallest absolute Gasteiger partial charge is 0.262 e. The van der Waals surface area contributed by atoms with Crippen molar-refractivity contribution in [1.29, 1.82) is 0 Å². The Hall–Kier alpha value is -2.73. The van der Waals surface area contributed by atoms with Gasteiger partial charge in [-0.1, -0.05) is 23.7 Å². The number of anilines is 1. The fourth-order valence-corrected chi connectivity index (χ4v) is 2.72. The summed E-state index contributed by atoms with van der Waals surface area (Å²) in [4.78, 5) is 38.0. The van der Waals surface area contributed by atoms with Gasteiger partial charge < -0.3 is 5.32 Å². The first kappa shape index (κ1) is 16.1. The molecule has 1 atom stereocenters. The van der Waals surface area contributed by atoms with Crippen molar-refractivity contribution in [3.8, 4) is 0 Å². The van der Waals surface area contributed by atoms with Crippen LogP contribution in [0.1, 0.15) is 27.6 Å².